The van der Waals surface area contributed by atoms with Gasteiger partial charge in [-0.3, -0.25) is 13.9 Å². The van der Waals surface area contributed by atoms with Gasteiger partial charge in [-0.1, -0.05) is 37.6 Å². The van der Waals surface area contributed by atoms with E-state index in [2.05, 4.69) is 5.32 Å². The normalized spacial score (nSPS) is 12.0. The first-order valence-corrected chi connectivity index (χ1v) is 15.5. The minimum absolute atomic E-state index is 0.0296. The van der Waals surface area contributed by atoms with Crippen molar-refractivity contribution in [3.8, 4) is 11.5 Å². The molecule has 0 radical (unpaired) electrons. The molecule has 0 saturated heterocycles. The lowest BCUT2D eigenvalue weighted by Gasteiger charge is -2.32. The number of amides is 2. The maximum absolute atomic E-state index is 14.0. The summed E-state index contributed by atoms with van der Waals surface area (Å²) in [6.07, 6.45) is 0. The first-order chi connectivity index (χ1) is 20.0. The smallest absolute Gasteiger partial charge is 0.264 e. The standard InChI is InChI=1S/C31H38ClN3O6S/c1-6-41-28-15-11-26(12-16-28)35(42(38,39)29-17-9-25(32)10-18-29)21-30(36)34(23(4)31(37)33-19-22(2)3)20-24-7-13-27(40-5)14-8-24/h7-18,22-23H,6,19-21H2,1-5H3,(H,33,37)/t23-/m1/s1. The second kappa shape index (κ2) is 14.9. The van der Waals surface area contributed by atoms with Crippen LogP contribution in [0.1, 0.15) is 33.3 Å². The quantitative estimate of drug-likeness (QED) is 0.270. The molecule has 0 heterocycles. The fourth-order valence-electron chi connectivity index (χ4n) is 4.10. The van der Waals surface area contributed by atoms with Gasteiger partial charge < -0.3 is 19.7 Å². The molecule has 0 aliphatic carbocycles. The van der Waals surface area contributed by atoms with Gasteiger partial charge in [0.05, 0.1) is 24.3 Å². The van der Waals surface area contributed by atoms with E-state index >= 15 is 0 Å². The summed E-state index contributed by atoms with van der Waals surface area (Å²) in [5, 5.41) is 3.25. The predicted octanol–water partition coefficient (Wildman–Crippen LogP) is 5.13. The Balaban J connectivity index is 2.01. The van der Waals surface area contributed by atoms with Gasteiger partial charge in [-0.15, -0.1) is 0 Å². The summed E-state index contributed by atoms with van der Waals surface area (Å²) in [7, 11) is -2.65. The Morgan fingerprint density at radius 1 is 0.905 bits per heavy atom. The van der Waals surface area contributed by atoms with Crippen molar-refractivity contribution in [2.45, 2.75) is 45.2 Å². The van der Waals surface area contributed by atoms with Gasteiger partial charge in [-0.2, -0.15) is 0 Å². The summed E-state index contributed by atoms with van der Waals surface area (Å²) >= 11 is 6.01. The Bertz CT molecular complexity index is 1430. The molecule has 9 nitrogen and oxygen atoms in total. The Morgan fingerprint density at radius 3 is 2.05 bits per heavy atom. The van der Waals surface area contributed by atoms with E-state index in [0.717, 1.165) is 9.87 Å². The largest absolute Gasteiger partial charge is 0.497 e. The van der Waals surface area contributed by atoms with E-state index in [4.69, 9.17) is 21.1 Å². The van der Waals surface area contributed by atoms with Gasteiger partial charge in [-0.25, -0.2) is 8.42 Å². The lowest BCUT2D eigenvalue weighted by Crippen LogP contribution is -2.51. The van der Waals surface area contributed by atoms with Crippen molar-refractivity contribution in [1.82, 2.24) is 10.2 Å². The predicted molar refractivity (Wildman–Crippen MR) is 164 cm³/mol. The molecule has 0 saturated carbocycles. The highest BCUT2D eigenvalue weighted by molar-refractivity contribution is 7.92. The Morgan fingerprint density at radius 2 is 1.50 bits per heavy atom. The molecule has 0 fully saturated rings. The Labute approximate surface area is 253 Å². The van der Waals surface area contributed by atoms with Crippen LogP contribution in [0.3, 0.4) is 0 Å². The highest BCUT2D eigenvalue weighted by Crippen LogP contribution is 2.27. The number of nitrogens with zero attached hydrogens (tertiary/aromatic N) is 2. The molecule has 3 aromatic carbocycles. The van der Waals surface area contributed by atoms with Gasteiger partial charge in [-0.05, 0) is 86.0 Å². The van der Waals surface area contributed by atoms with Crippen LogP contribution in [0.15, 0.2) is 77.7 Å². The van der Waals surface area contributed by atoms with E-state index in [1.54, 1.807) is 62.6 Å². The van der Waals surface area contributed by atoms with Crippen molar-refractivity contribution < 1.29 is 27.5 Å². The fraction of sp³-hybridized carbons (Fsp3) is 0.355. The second-order valence-corrected chi connectivity index (χ2v) is 12.4. The molecule has 1 atom stereocenters. The van der Waals surface area contributed by atoms with E-state index in [-0.39, 0.29) is 29.0 Å². The van der Waals surface area contributed by atoms with Crippen molar-refractivity contribution in [3.05, 3.63) is 83.4 Å². The average Bonchev–Trinajstić information content (AvgIpc) is 2.98. The summed E-state index contributed by atoms with van der Waals surface area (Å²) in [6, 6.07) is 18.4. The minimum Gasteiger partial charge on any atom is -0.497 e. The molecule has 11 heteroatoms. The molecular formula is C31H38ClN3O6S. The van der Waals surface area contributed by atoms with E-state index in [0.29, 0.717) is 29.7 Å². The van der Waals surface area contributed by atoms with Gasteiger partial charge in [0.2, 0.25) is 11.8 Å². The third-order valence-corrected chi connectivity index (χ3v) is 8.52. The summed E-state index contributed by atoms with van der Waals surface area (Å²) in [5.41, 5.74) is 1.02. The molecule has 42 heavy (non-hydrogen) atoms. The molecule has 0 aromatic heterocycles. The van der Waals surface area contributed by atoms with E-state index in [1.165, 1.54) is 29.2 Å². The number of methoxy groups -OCH3 is 1. The first-order valence-electron chi connectivity index (χ1n) is 13.7. The summed E-state index contributed by atoms with van der Waals surface area (Å²) in [5.74, 6) is 0.540. The van der Waals surface area contributed by atoms with Crippen molar-refractivity contribution in [2.24, 2.45) is 5.92 Å². The third kappa shape index (κ3) is 8.62. The second-order valence-electron chi connectivity index (χ2n) is 10.1. The number of carbonyl (C=O) groups is 2. The molecule has 226 valence electrons. The molecule has 0 bridgehead atoms. The highest BCUT2D eigenvalue weighted by Gasteiger charge is 2.32. The van der Waals surface area contributed by atoms with Gasteiger partial charge in [0.15, 0.2) is 0 Å². The molecule has 3 rings (SSSR count). The van der Waals surface area contributed by atoms with Crippen LogP contribution in [0, 0.1) is 5.92 Å². The maximum atomic E-state index is 14.0. The van der Waals surface area contributed by atoms with Crippen LogP contribution in [-0.4, -0.2) is 58.0 Å². The van der Waals surface area contributed by atoms with Gasteiger partial charge >= 0.3 is 0 Å². The average molecular weight is 616 g/mol. The molecule has 0 spiro atoms. The van der Waals surface area contributed by atoms with Gasteiger partial charge in [0.1, 0.15) is 24.1 Å². The molecule has 0 aliphatic heterocycles. The Hall–Kier alpha value is -3.76. The van der Waals surface area contributed by atoms with Crippen molar-refractivity contribution in [2.75, 3.05) is 31.1 Å². The van der Waals surface area contributed by atoms with Gasteiger partial charge in [0.25, 0.3) is 10.0 Å². The number of sulfonamides is 1. The van der Waals surface area contributed by atoms with Crippen LogP contribution < -0.4 is 19.1 Å². The van der Waals surface area contributed by atoms with E-state index in [1.807, 2.05) is 20.8 Å². The topological polar surface area (TPSA) is 105 Å². The number of ether oxygens (including phenoxy) is 2. The third-order valence-electron chi connectivity index (χ3n) is 6.48. The number of benzene rings is 3. The minimum atomic E-state index is -4.20. The lowest BCUT2D eigenvalue weighted by molar-refractivity contribution is -0.139. The van der Waals surface area contributed by atoms with Crippen molar-refractivity contribution in [1.29, 1.82) is 0 Å². The number of halogens is 1. The number of carbonyl (C=O) groups excluding carboxylic acids is 2. The Kier molecular flexibility index (Phi) is 11.6. The maximum Gasteiger partial charge on any atom is 0.264 e. The molecule has 1 N–H and O–H groups in total. The molecule has 0 aliphatic rings. The molecule has 2 amide bonds. The van der Waals surface area contributed by atoms with Crippen LogP contribution in [0.4, 0.5) is 5.69 Å². The fourth-order valence-corrected chi connectivity index (χ4v) is 5.64. The van der Waals surface area contributed by atoms with Gasteiger partial charge in [0, 0.05) is 18.1 Å². The van der Waals surface area contributed by atoms with Crippen LogP contribution in [0.5, 0.6) is 11.5 Å². The number of anilines is 1. The van der Waals surface area contributed by atoms with Crippen LogP contribution in [0.2, 0.25) is 5.02 Å². The molecule has 0 unspecified atom stereocenters. The summed E-state index contributed by atoms with van der Waals surface area (Å²) in [4.78, 5) is 28.5. The van der Waals surface area contributed by atoms with Crippen molar-refractivity contribution >= 4 is 39.1 Å². The van der Waals surface area contributed by atoms with E-state index in [9.17, 15) is 18.0 Å². The zero-order chi connectivity index (χ0) is 30.9. The number of hydrogen-bond acceptors (Lipinski definition) is 6. The number of hydrogen-bond donors (Lipinski definition) is 1. The zero-order valence-corrected chi connectivity index (χ0v) is 26.1. The lowest BCUT2D eigenvalue weighted by atomic mass is 10.1. The SMILES string of the molecule is CCOc1ccc(N(CC(=O)N(Cc2ccc(OC)cc2)[C@H](C)C(=O)NCC(C)C)S(=O)(=O)c2ccc(Cl)cc2)cc1. The van der Waals surface area contributed by atoms with Crippen LogP contribution >= 0.6 is 11.6 Å². The monoisotopic (exact) mass is 615 g/mol. The van der Waals surface area contributed by atoms with Crippen molar-refractivity contribution in [3.63, 3.8) is 0 Å². The summed E-state index contributed by atoms with van der Waals surface area (Å²) < 4.78 is 39.6. The zero-order valence-electron chi connectivity index (χ0n) is 24.5. The molecular weight excluding hydrogens is 578 g/mol. The number of rotatable bonds is 14. The highest BCUT2D eigenvalue weighted by atomic mass is 35.5. The number of nitrogens with one attached hydrogen (secondary N) is 1. The summed E-state index contributed by atoms with van der Waals surface area (Å²) in [6.45, 7) is 7.85. The molecule has 3 aromatic rings. The van der Waals surface area contributed by atoms with Crippen LogP contribution in [0.25, 0.3) is 0 Å². The van der Waals surface area contributed by atoms with Crippen LogP contribution in [-0.2, 0) is 26.2 Å². The van der Waals surface area contributed by atoms with E-state index < -0.39 is 28.5 Å². The first kappa shape index (κ1) is 32.8.